The van der Waals surface area contributed by atoms with Gasteiger partial charge in [0, 0.05) is 24.8 Å². The Labute approximate surface area is 224 Å². The topological polar surface area (TPSA) is 112 Å². The third kappa shape index (κ3) is 4.87. The number of urea groups is 1. The number of carbonyl (C=O) groups excluding carboxylic acids is 3. The molecule has 4 amide bonds. The molecule has 5 rings (SSSR count). The standard InChI is InChI=1S/C29H38N6O3/c1-33(2)29(23-9-4-3-5-10-23)15-13-28(14-16-29)20-34(27(38)35(28)18-21-7-6-8-21)19-25(36)32-24-12-11-22(17-31-24)26(30)37/h3-5,9-12,17,21H,6-8,13-16,18-20H2,1-2H3,(H2,30,37)(H,31,32,36)/t28-,29+. The molecule has 1 aromatic heterocycles. The zero-order chi connectivity index (χ0) is 26.9. The Morgan fingerprint density at radius 1 is 1.08 bits per heavy atom. The lowest BCUT2D eigenvalue weighted by Gasteiger charge is -2.51. The first-order valence-electron chi connectivity index (χ1n) is 13.6. The second kappa shape index (κ2) is 10.4. The van der Waals surface area contributed by atoms with Gasteiger partial charge in [-0.15, -0.1) is 0 Å². The molecule has 0 unspecified atom stereocenters. The highest BCUT2D eigenvalue weighted by atomic mass is 16.2. The number of aromatic nitrogens is 1. The minimum atomic E-state index is -0.576. The van der Waals surface area contributed by atoms with Gasteiger partial charge in [0.25, 0.3) is 0 Å². The van der Waals surface area contributed by atoms with Gasteiger partial charge in [-0.25, -0.2) is 9.78 Å². The van der Waals surface area contributed by atoms with Crippen LogP contribution in [0.5, 0.6) is 0 Å². The molecule has 0 radical (unpaired) electrons. The average Bonchev–Trinajstić information content (AvgIpc) is 3.12. The van der Waals surface area contributed by atoms with Crippen LogP contribution < -0.4 is 11.1 Å². The fourth-order valence-electron chi connectivity index (χ4n) is 6.48. The van der Waals surface area contributed by atoms with Crippen LogP contribution in [0, 0.1) is 5.92 Å². The van der Waals surface area contributed by atoms with Gasteiger partial charge in [-0.2, -0.15) is 0 Å². The van der Waals surface area contributed by atoms with Crippen molar-refractivity contribution < 1.29 is 14.4 Å². The molecule has 1 aliphatic heterocycles. The van der Waals surface area contributed by atoms with Crippen molar-refractivity contribution in [2.75, 3.05) is 39.0 Å². The zero-order valence-electron chi connectivity index (χ0n) is 22.4. The number of primary amides is 1. The van der Waals surface area contributed by atoms with Crippen molar-refractivity contribution in [3.05, 3.63) is 59.8 Å². The Bertz CT molecular complexity index is 1170. The van der Waals surface area contributed by atoms with E-state index in [9.17, 15) is 14.4 Å². The second-order valence-electron chi connectivity index (χ2n) is 11.4. The molecular formula is C29H38N6O3. The van der Waals surface area contributed by atoms with Crippen molar-refractivity contribution in [3.8, 4) is 0 Å². The number of hydrogen-bond acceptors (Lipinski definition) is 5. The monoisotopic (exact) mass is 518 g/mol. The number of anilines is 1. The maximum atomic E-state index is 13.7. The highest BCUT2D eigenvalue weighted by Crippen LogP contribution is 2.49. The first kappa shape index (κ1) is 26.2. The maximum Gasteiger partial charge on any atom is 0.321 e. The first-order chi connectivity index (χ1) is 18.2. The minimum absolute atomic E-state index is 0.0293. The molecule has 9 nitrogen and oxygen atoms in total. The summed E-state index contributed by atoms with van der Waals surface area (Å²) in [6.45, 7) is 1.30. The van der Waals surface area contributed by atoms with Crippen LogP contribution in [0.25, 0.3) is 0 Å². The van der Waals surface area contributed by atoms with E-state index < -0.39 is 5.91 Å². The lowest BCUT2D eigenvalue weighted by atomic mass is 9.68. The van der Waals surface area contributed by atoms with E-state index in [0.29, 0.717) is 18.3 Å². The third-order valence-corrected chi connectivity index (χ3v) is 9.05. The van der Waals surface area contributed by atoms with Crippen molar-refractivity contribution >= 4 is 23.7 Å². The number of pyridine rings is 1. The molecule has 2 aromatic rings. The Balaban J connectivity index is 1.32. The molecule has 2 saturated carbocycles. The van der Waals surface area contributed by atoms with Gasteiger partial charge in [0.05, 0.1) is 11.1 Å². The molecule has 202 valence electrons. The summed E-state index contributed by atoms with van der Waals surface area (Å²) in [4.78, 5) is 48.2. The molecule has 0 bridgehead atoms. The summed E-state index contributed by atoms with van der Waals surface area (Å²) in [6.07, 6.45) is 8.59. The van der Waals surface area contributed by atoms with E-state index in [-0.39, 0.29) is 35.1 Å². The molecule has 2 heterocycles. The van der Waals surface area contributed by atoms with Crippen molar-refractivity contribution in [1.82, 2.24) is 19.7 Å². The van der Waals surface area contributed by atoms with Gasteiger partial charge in [-0.05, 0) is 76.2 Å². The quantitative estimate of drug-likeness (QED) is 0.556. The van der Waals surface area contributed by atoms with Crippen LogP contribution in [-0.2, 0) is 10.3 Å². The van der Waals surface area contributed by atoms with Gasteiger partial charge in [0.2, 0.25) is 11.8 Å². The Morgan fingerprint density at radius 2 is 1.79 bits per heavy atom. The van der Waals surface area contributed by atoms with Gasteiger partial charge in [0.1, 0.15) is 12.4 Å². The molecule has 1 aromatic carbocycles. The summed E-state index contributed by atoms with van der Waals surface area (Å²) in [5.74, 6) is -0.00909. The highest BCUT2D eigenvalue weighted by Gasteiger charge is 2.55. The van der Waals surface area contributed by atoms with E-state index in [4.69, 9.17) is 5.73 Å². The minimum Gasteiger partial charge on any atom is -0.366 e. The van der Waals surface area contributed by atoms with Crippen LogP contribution in [0.1, 0.15) is 60.9 Å². The number of nitrogens with zero attached hydrogens (tertiary/aromatic N) is 4. The van der Waals surface area contributed by atoms with Crippen molar-refractivity contribution in [2.24, 2.45) is 11.7 Å². The van der Waals surface area contributed by atoms with Crippen LogP contribution in [0.2, 0.25) is 0 Å². The van der Waals surface area contributed by atoms with Gasteiger partial charge < -0.3 is 20.9 Å². The molecule has 38 heavy (non-hydrogen) atoms. The van der Waals surface area contributed by atoms with Crippen LogP contribution in [0.4, 0.5) is 10.6 Å². The lowest BCUT2D eigenvalue weighted by Crippen LogP contribution is -2.56. The normalized spacial score (nSPS) is 25.6. The number of amides is 4. The summed E-state index contributed by atoms with van der Waals surface area (Å²) >= 11 is 0. The van der Waals surface area contributed by atoms with Crippen molar-refractivity contribution in [2.45, 2.75) is 56.0 Å². The predicted molar refractivity (Wildman–Crippen MR) is 145 cm³/mol. The number of nitrogens with two attached hydrogens (primary N) is 1. The average molecular weight is 519 g/mol. The fraction of sp³-hybridized carbons (Fsp3) is 0.517. The molecular weight excluding hydrogens is 480 g/mol. The molecule has 3 fully saturated rings. The van der Waals surface area contributed by atoms with E-state index in [2.05, 4.69) is 64.5 Å². The Hall–Kier alpha value is -3.46. The Kier molecular flexibility index (Phi) is 7.13. The van der Waals surface area contributed by atoms with Crippen molar-refractivity contribution in [3.63, 3.8) is 0 Å². The molecule has 1 saturated heterocycles. The van der Waals surface area contributed by atoms with E-state index in [1.165, 1.54) is 37.1 Å². The van der Waals surface area contributed by atoms with Crippen LogP contribution in [0.3, 0.4) is 0 Å². The molecule has 9 heteroatoms. The molecule has 3 aliphatic rings. The number of hydrogen-bond donors (Lipinski definition) is 2. The Morgan fingerprint density at radius 3 is 2.34 bits per heavy atom. The van der Waals surface area contributed by atoms with E-state index in [0.717, 1.165) is 32.2 Å². The summed E-state index contributed by atoms with van der Waals surface area (Å²) in [5.41, 5.74) is 6.53. The SMILES string of the molecule is CN(C)[C@]1(c2ccccc2)CC[C@]2(CC1)CN(CC(=O)Nc1ccc(C(N)=O)cn1)C(=O)N2CC1CCC1. The zero-order valence-corrected chi connectivity index (χ0v) is 22.4. The van der Waals surface area contributed by atoms with E-state index >= 15 is 0 Å². The second-order valence-corrected chi connectivity index (χ2v) is 11.4. The van der Waals surface area contributed by atoms with Gasteiger partial charge in [-0.3, -0.25) is 14.5 Å². The van der Waals surface area contributed by atoms with Gasteiger partial charge >= 0.3 is 6.03 Å². The lowest BCUT2D eigenvalue weighted by molar-refractivity contribution is -0.116. The van der Waals surface area contributed by atoms with E-state index in [1.807, 2.05) is 0 Å². The summed E-state index contributed by atoms with van der Waals surface area (Å²) < 4.78 is 0. The van der Waals surface area contributed by atoms with Gasteiger partial charge in [0.15, 0.2) is 0 Å². The van der Waals surface area contributed by atoms with E-state index in [1.54, 1.807) is 11.0 Å². The summed E-state index contributed by atoms with van der Waals surface area (Å²) in [7, 11) is 4.30. The number of benzene rings is 1. The molecule has 2 aliphatic carbocycles. The smallest absolute Gasteiger partial charge is 0.321 e. The summed E-state index contributed by atoms with van der Waals surface area (Å²) in [6, 6.07) is 13.7. The molecule has 1 spiro atoms. The van der Waals surface area contributed by atoms with Crippen LogP contribution in [0.15, 0.2) is 48.7 Å². The number of nitrogens with one attached hydrogen (secondary N) is 1. The number of rotatable bonds is 8. The van der Waals surface area contributed by atoms with Gasteiger partial charge in [-0.1, -0.05) is 36.8 Å². The summed E-state index contributed by atoms with van der Waals surface area (Å²) in [5, 5.41) is 2.75. The van der Waals surface area contributed by atoms with Crippen molar-refractivity contribution in [1.29, 1.82) is 0 Å². The van der Waals surface area contributed by atoms with Crippen LogP contribution in [-0.4, -0.2) is 76.8 Å². The maximum absolute atomic E-state index is 13.7. The van der Waals surface area contributed by atoms with Crippen LogP contribution >= 0.6 is 0 Å². The first-order valence-corrected chi connectivity index (χ1v) is 13.6. The highest BCUT2D eigenvalue weighted by molar-refractivity contribution is 5.95. The number of carbonyl (C=O) groups is 3. The molecule has 0 atom stereocenters. The predicted octanol–water partition coefficient (Wildman–Crippen LogP) is 3.43. The third-order valence-electron chi connectivity index (χ3n) is 9.05. The fourth-order valence-corrected chi connectivity index (χ4v) is 6.48. The molecule has 3 N–H and O–H groups in total. The largest absolute Gasteiger partial charge is 0.366 e.